The predicted molar refractivity (Wildman–Crippen MR) is 80.6 cm³/mol. The normalized spacial score (nSPS) is 26.0. The third-order valence-electron chi connectivity index (χ3n) is 4.07. The van der Waals surface area contributed by atoms with Crippen molar-refractivity contribution in [3.05, 3.63) is 12.0 Å². The molecule has 0 aromatic carbocycles. The van der Waals surface area contributed by atoms with E-state index < -0.39 is 0 Å². The minimum atomic E-state index is -0.327. The third kappa shape index (κ3) is 2.39. The highest BCUT2D eigenvalue weighted by Crippen LogP contribution is 2.30. The number of hydrogen-bond acceptors (Lipinski definition) is 8. The minimum absolute atomic E-state index is 0.193. The lowest BCUT2D eigenvalue weighted by molar-refractivity contribution is 0.0118. The molecule has 8 nitrogen and oxygen atoms in total. The fourth-order valence-corrected chi connectivity index (χ4v) is 2.93. The van der Waals surface area contributed by atoms with Crippen LogP contribution in [0.25, 0.3) is 11.2 Å². The van der Waals surface area contributed by atoms with Gasteiger partial charge in [0.15, 0.2) is 11.4 Å². The quantitative estimate of drug-likeness (QED) is 0.713. The van der Waals surface area contributed by atoms with Crippen LogP contribution in [-0.2, 0) is 4.74 Å². The van der Waals surface area contributed by atoms with E-state index in [-0.39, 0.29) is 12.2 Å². The second-order valence-electron chi connectivity index (χ2n) is 5.73. The van der Waals surface area contributed by atoms with E-state index in [1.807, 2.05) is 4.90 Å². The van der Waals surface area contributed by atoms with Crippen LogP contribution in [0.3, 0.4) is 0 Å². The standard InChI is InChI=1S/C14H19N5O3/c15-9-5-10-12(17-13(9)19-3-1-8(20)7-19)18-14(22-10)11-6-16-2-4-21-11/h5,8,11,16,20H,1-4,6-7,15H2. The number of aromatic nitrogens is 2. The van der Waals surface area contributed by atoms with Gasteiger partial charge in [0.25, 0.3) is 0 Å². The maximum atomic E-state index is 9.67. The van der Waals surface area contributed by atoms with Crippen molar-refractivity contribution in [2.45, 2.75) is 18.6 Å². The van der Waals surface area contributed by atoms with Crippen molar-refractivity contribution in [1.82, 2.24) is 15.3 Å². The van der Waals surface area contributed by atoms with E-state index in [0.29, 0.717) is 48.3 Å². The van der Waals surface area contributed by atoms with Gasteiger partial charge in [0, 0.05) is 32.2 Å². The number of nitrogens with zero attached hydrogens (tertiary/aromatic N) is 3. The van der Waals surface area contributed by atoms with Gasteiger partial charge in [-0.15, -0.1) is 0 Å². The Balaban J connectivity index is 1.67. The molecule has 4 heterocycles. The summed E-state index contributed by atoms with van der Waals surface area (Å²) >= 11 is 0. The molecule has 4 rings (SSSR count). The van der Waals surface area contributed by atoms with Gasteiger partial charge in [-0.3, -0.25) is 0 Å². The molecule has 2 unspecified atom stereocenters. The Morgan fingerprint density at radius 1 is 1.41 bits per heavy atom. The highest BCUT2D eigenvalue weighted by molar-refractivity contribution is 5.79. The maximum absolute atomic E-state index is 9.67. The van der Waals surface area contributed by atoms with Crippen molar-refractivity contribution in [2.24, 2.45) is 0 Å². The van der Waals surface area contributed by atoms with Crippen LogP contribution in [0, 0.1) is 0 Å². The number of aliphatic hydroxyl groups is 1. The Hall–Kier alpha value is -1.90. The van der Waals surface area contributed by atoms with Crippen LogP contribution < -0.4 is 16.0 Å². The van der Waals surface area contributed by atoms with Crippen LogP contribution in [-0.4, -0.2) is 54.0 Å². The lowest BCUT2D eigenvalue weighted by atomic mass is 10.3. The lowest BCUT2D eigenvalue weighted by Gasteiger charge is -2.20. The van der Waals surface area contributed by atoms with Crippen LogP contribution >= 0.6 is 0 Å². The van der Waals surface area contributed by atoms with Gasteiger partial charge in [-0.1, -0.05) is 0 Å². The summed E-state index contributed by atoms with van der Waals surface area (Å²) in [6.45, 7) is 3.43. The summed E-state index contributed by atoms with van der Waals surface area (Å²) in [5.41, 5.74) is 7.70. The topological polar surface area (TPSA) is 110 Å². The Morgan fingerprint density at radius 3 is 3.05 bits per heavy atom. The molecular formula is C14H19N5O3. The molecule has 2 aromatic rings. The molecule has 0 aliphatic carbocycles. The summed E-state index contributed by atoms with van der Waals surface area (Å²) in [7, 11) is 0. The third-order valence-corrected chi connectivity index (χ3v) is 4.07. The molecular weight excluding hydrogens is 286 g/mol. The Morgan fingerprint density at radius 2 is 2.32 bits per heavy atom. The highest BCUT2D eigenvalue weighted by Gasteiger charge is 2.26. The Labute approximate surface area is 127 Å². The molecule has 4 N–H and O–H groups in total. The van der Waals surface area contributed by atoms with E-state index in [2.05, 4.69) is 15.3 Å². The molecule has 118 valence electrons. The monoisotopic (exact) mass is 305 g/mol. The molecule has 2 atom stereocenters. The summed E-state index contributed by atoms with van der Waals surface area (Å²) < 4.78 is 11.4. The van der Waals surface area contributed by atoms with E-state index in [1.54, 1.807) is 6.07 Å². The molecule has 0 bridgehead atoms. The Kier molecular flexibility index (Phi) is 3.36. The predicted octanol–water partition coefficient (Wildman–Crippen LogP) is 0.0369. The number of pyridine rings is 1. The van der Waals surface area contributed by atoms with Gasteiger partial charge in [0.1, 0.15) is 6.10 Å². The van der Waals surface area contributed by atoms with E-state index in [9.17, 15) is 5.11 Å². The first-order valence-electron chi connectivity index (χ1n) is 7.53. The second-order valence-corrected chi connectivity index (χ2v) is 5.73. The number of aliphatic hydroxyl groups excluding tert-OH is 1. The summed E-state index contributed by atoms with van der Waals surface area (Å²) in [6, 6.07) is 1.75. The van der Waals surface area contributed by atoms with E-state index in [1.165, 1.54) is 0 Å². The second kappa shape index (κ2) is 5.38. The SMILES string of the molecule is Nc1cc2oc(C3CNCCO3)nc2nc1N1CCC(O)C1. The minimum Gasteiger partial charge on any atom is -0.436 e. The molecule has 0 radical (unpaired) electrons. The van der Waals surface area contributed by atoms with Crippen molar-refractivity contribution in [3.8, 4) is 0 Å². The molecule has 22 heavy (non-hydrogen) atoms. The molecule has 8 heteroatoms. The van der Waals surface area contributed by atoms with Crippen LogP contribution in [0.2, 0.25) is 0 Å². The van der Waals surface area contributed by atoms with Gasteiger partial charge < -0.3 is 30.2 Å². The highest BCUT2D eigenvalue weighted by atomic mass is 16.5. The molecule has 2 saturated heterocycles. The summed E-state index contributed by atoms with van der Waals surface area (Å²) in [4.78, 5) is 10.9. The van der Waals surface area contributed by atoms with E-state index >= 15 is 0 Å². The average Bonchev–Trinajstić information content (AvgIpc) is 3.13. The van der Waals surface area contributed by atoms with Crippen LogP contribution in [0.4, 0.5) is 11.5 Å². The molecule has 2 aliphatic rings. The van der Waals surface area contributed by atoms with E-state index in [4.69, 9.17) is 14.9 Å². The maximum Gasteiger partial charge on any atom is 0.227 e. The van der Waals surface area contributed by atoms with Crippen LogP contribution in [0.1, 0.15) is 18.4 Å². The molecule has 0 saturated carbocycles. The number of anilines is 2. The number of β-amino-alcohol motifs (C(OH)–C–C–N with tert-alkyl or cyclic N) is 1. The number of fused-ring (bicyclic) bond motifs is 1. The van der Waals surface area contributed by atoms with Crippen molar-refractivity contribution in [2.75, 3.05) is 43.4 Å². The van der Waals surface area contributed by atoms with Crippen LogP contribution in [0.15, 0.2) is 10.5 Å². The summed E-state index contributed by atoms with van der Waals surface area (Å²) in [5, 5.41) is 12.9. The number of oxazole rings is 1. The first-order valence-corrected chi connectivity index (χ1v) is 7.53. The van der Waals surface area contributed by atoms with Crippen LogP contribution in [0.5, 0.6) is 0 Å². The number of nitrogens with one attached hydrogen (secondary N) is 1. The zero-order chi connectivity index (χ0) is 15.1. The zero-order valence-electron chi connectivity index (χ0n) is 12.2. The first kappa shape index (κ1) is 13.7. The number of morpholine rings is 1. The first-order chi connectivity index (χ1) is 10.7. The fourth-order valence-electron chi connectivity index (χ4n) is 2.93. The molecule has 0 spiro atoms. The molecule has 2 fully saturated rings. The number of hydrogen-bond donors (Lipinski definition) is 3. The van der Waals surface area contributed by atoms with Crippen molar-refractivity contribution in [3.63, 3.8) is 0 Å². The van der Waals surface area contributed by atoms with Gasteiger partial charge in [0.05, 0.1) is 18.4 Å². The largest absolute Gasteiger partial charge is 0.436 e. The summed E-state index contributed by atoms with van der Waals surface area (Å²) in [5.74, 6) is 1.18. The van der Waals surface area contributed by atoms with Gasteiger partial charge in [-0.05, 0) is 6.42 Å². The smallest absolute Gasteiger partial charge is 0.227 e. The number of rotatable bonds is 2. The number of ether oxygens (including phenoxy) is 1. The van der Waals surface area contributed by atoms with Gasteiger partial charge in [0.2, 0.25) is 11.5 Å². The molecule has 2 aromatic heterocycles. The fraction of sp³-hybridized carbons (Fsp3) is 0.571. The van der Waals surface area contributed by atoms with Crippen molar-refractivity contribution in [1.29, 1.82) is 0 Å². The molecule has 2 aliphatic heterocycles. The van der Waals surface area contributed by atoms with Crippen molar-refractivity contribution >= 4 is 22.7 Å². The Bertz CT molecular complexity index is 682. The van der Waals surface area contributed by atoms with Gasteiger partial charge >= 0.3 is 0 Å². The lowest BCUT2D eigenvalue weighted by Crippen LogP contribution is -2.33. The van der Waals surface area contributed by atoms with E-state index in [0.717, 1.165) is 19.5 Å². The van der Waals surface area contributed by atoms with Gasteiger partial charge in [-0.25, -0.2) is 4.98 Å². The number of nitrogens with two attached hydrogens (primary N) is 1. The van der Waals surface area contributed by atoms with Gasteiger partial charge in [-0.2, -0.15) is 4.98 Å². The average molecular weight is 305 g/mol. The zero-order valence-corrected chi connectivity index (χ0v) is 12.2. The van der Waals surface area contributed by atoms with Crippen molar-refractivity contribution < 1.29 is 14.3 Å². The summed E-state index contributed by atoms with van der Waals surface area (Å²) in [6.07, 6.45) is 0.206. The molecule has 0 amide bonds. The number of nitrogen functional groups attached to an aromatic ring is 1.